The van der Waals surface area contributed by atoms with Gasteiger partial charge in [0.05, 0.1) is 33.5 Å². The lowest BCUT2D eigenvalue weighted by Crippen LogP contribution is -2.22. The van der Waals surface area contributed by atoms with Crippen molar-refractivity contribution in [3.05, 3.63) is 16.2 Å². The third-order valence-electron chi connectivity index (χ3n) is 1.35. The number of hydrogen-bond acceptors (Lipinski definition) is 5. The third-order valence-corrected chi connectivity index (χ3v) is 4.49. The van der Waals surface area contributed by atoms with Crippen LogP contribution >= 0.6 is 21.0 Å². The molecule has 0 saturated carbocycles. The fourth-order valence-corrected chi connectivity index (χ4v) is 4.28. The summed E-state index contributed by atoms with van der Waals surface area (Å²) in [6, 6.07) is 0. The fraction of sp³-hybridized carbons (Fsp3) is 0.200. The Morgan fingerprint density at radius 2 is 2.31 bits per heavy atom. The van der Waals surface area contributed by atoms with Gasteiger partial charge in [-0.3, -0.25) is 0 Å². The average molecular weight is 312 g/mol. The number of rotatable bonds is 1. The molecule has 8 heteroatoms. The first kappa shape index (κ1) is 8.94. The quantitative estimate of drug-likeness (QED) is 0.559. The van der Waals surface area contributed by atoms with Gasteiger partial charge in [-0.2, -0.15) is 0 Å². The minimum atomic E-state index is -3.30. The van der Waals surface area contributed by atoms with Gasteiger partial charge in [0.25, 0.3) is 10.0 Å². The summed E-state index contributed by atoms with van der Waals surface area (Å²) in [4.78, 5) is 7.72. The Morgan fingerprint density at radius 3 is 3.00 bits per heavy atom. The molecule has 6 nitrogen and oxygen atoms in total. The van der Waals surface area contributed by atoms with Crippen LogP contribution in [0, 0.1) is 3.70 Å². The van der Waals surface area contributed by atoms with Crippen LogP contribution in [-0.4, -0.2) is 24.6 Å². The van der Waals surface area contributed by atoms with Crippen LogP contribution in [0.1, 0.15) is 0 Å². The SMILES string of the molecule is CS(=O)(=O)N1N=Ic2ncncc21. The molecule has 0 amide bonds. The van der Waals surface area contributed by atoms with E-state index in [2.05, 4.69) is 13.2 Å². The Morgan fingerprint density at radius 1 is 1.54 bits per heavy atom. The summed E-state index contributed by atoms with van der Waals surface area (Å²) in [5.74, 6) is 0. The predicted octanol–water partition coefficient (Wildman–Crippen LogP) is 0.495. The summed E-state index contributed by atoms with van der Waals surface area (Å²) in [7, 11) is -3.30. The zero-order valence-electron chi connectivity index (χ0n) is 6.55. The first-order valence-corrected chi connectivity index (χ1v) is 7.13. The monoisotopic (exact) mass is 312 g/mol. The van der Waals surface area contributed by atoms with Crippen LogP contribution in [0.3, 0.4) is 0 Å². The zero-order chi connectivity index (χ0) is 9.47. The molecule has 0 aliphatic carbocycles. The van der Waals surface area contributed by atoms with Crippen LogP contribution in [-0.2, 0) is 10.0 Å². The van der Waals surface area contributed by atoms with Crippen molar-refractivity contribution in [2.75, 3.05) is 10.7 Å². The van der Waals surface area contributed by atoms with Gasteiger partial charge in [-0.25, -0.2) is 18.4 Å². The fourth-order valence-electron chi connectivity index (χ4n) is 0.846. The van der Waals surface area contributed by atoms with Gasteiger partial charge >= 0.3 is 0 Å². The average Bonchev–Trinajstić information content (AvgIpc) is 2.45. The molecule has 2 heterocycles. The molecule has 0 radical (unpaired) electrons. The first-order chi connectivity index (χ1) is 6.09. The van der Waals surface area contributed by atoms with Crippen LogP contribution in [0.15, 0.2) is 15.8 Å². The van der Waals surface area contributed by atoms with E-state index in [0.717, 1.165) is 14.4 Å². The van der Waals surface area contributed by atoms with E-state index < -0.39 is 31.1 Å². The number of halogens is 1. The van der Waals surface area contributed by atoms with Gasteiger partial charge in [0.1, 0.15) is 15.7 Å². The highest BCUT2D eigenvalue weighted by Gasteiger charge is 2.25. The summed E-state index contributed by atoms with van der Waals surface area (Å²) < 4.78 is 28.1. The van der Waals surface area contributed by atoms with Gasteiger partial charge in [-0.15, -0.1) is 7.67 Å². The zero-order valence-corrected chi connectivity index (χ0v) is 9.52. The molecule has 0 bridgehead atoms. The number of aromatic nitrogens is 2. The molecule has 0 fully saturated rings. The lowest BCUT2D eigenvalue weighted by molar-refractivity contribution is 0.598. The van der Waals surface area contributed by atoms with Crippen molar-refractivity contribution < 1.29 is 8.42 Å². The molecule has 70 valence electrons. The van der Waals surface area contributed by atoms with Crippen molar-refractivity contribution in [1.29, 1.82) is 0 Å². The second-order valence-corrected chi connectivity index (χ2v) is 6.11. The molecule has 1 aromatic rings. The molecule has 1 aliphatic rings. The predicted molar refractivity (Wildman–Crippen MR) is 54.5 cm³/mol. The molecule has 0 N–H and O–H groups in total. The van der Waals surface area contributed by atoms with E-state index >= 15 is 0 Å². The number of nitrogens with zero attached hydrogens (tertiary/aromatic N) is 4. The highest BCUT2D eigenvalue weighted by Crippen LogP contribution is 2.33. The maximum atomic E-state index is 11.2. The van der Waals surface area contributed by atoms with Gasteiger partial charge in [0.15, 0.2) is 0 Å². The van der Waals surface area contributed by atoms with E-state index in [0.29, 0.717) is 5.69 Å². The number of anilines is 1. The van der Waals surface area contributed by atoms with Gasteiger partial charge in [0, 0.05) is 0 Å². The van der Waals surface area contributed by atoms with Crippen molar-refractivity contribution in [3.63, 3.8) is 0 Å². The summed E-state index contributed by atoms with van der Waals surface area (Å²) in [5.41, 5.74) is 0.498. The van der Waals surface area contributed by atoms with Crippen molar-refractivity contribution in [3.8, 4) is 0 Å². The number of hydrogen-bond donors (Lipinski definition) is 0. The Balaban J connectivity index is 2.57. The van der Waals surface area contributed by atoms with Crippen LogP contribution in [0.5, 0.6) is 0 Å². The molecule has 0 unspecified atom stereocenters. The van der Waals surface area contributed by atoms with Crippen LogP contribution < -0.4 is 4.41 Å². The number of fused-ring (bicyclic) bond motifs is 1. The first-order valence-electron chi connectivity index (χ1n) is 3.24. The molecule has 13 heavy (non-hydrogen) atoms. The van der Waals surface area contributed by atoms with Gasteiger partial charge in [-0.1, -0.05) is 0 Å². The van der Waals surface area contributed by atoms with E-state index in [1.54, 1.807) is 0 Å². The minimum Gasteiger partial charge on any atom is -0.242 e. The summed E-state index contributed by atoms with van der Waals surface area (Å²) in [5, 5.41) is 0. The van der Waals surface area contributed by atoms with Crippen LogP contribution in [0.4, 0.5) is 5.69 Å². The van der Waals surface area contributed by atoms with E-state index in [-0.39, 0.29) is 0 Å². The maximum absolute atomic E-state index is 11.2. The molecular formula is C5H5IN4O2S. The molecule has 0 spiro atoms. The normalized spacial score (nSPS) is 15.3. The van der Waals surface area contributed by atoms with Crippen molar-refractivity contribution in [1.82, 2.24) is 9.97 Å². The minimum absolute atomic E-state index is 0.498. The van der Waals surface area contributed by atoms with Crippen LogP contribution in [0.25, 0.3) is 0 Å². The second-order valence-electron chi connectivity index (χ2n) is 2.36. The number of sulfonamides is 1. The largest absolute Gasteiger partial charge is 0.251 e. The standard InChI is InChI=1S/C5H5IN4O2S/c1-13(11,12)10-4-2-7-3-8-5(4)6-9-10/h2-3H,1H3. The van der Waals surface area contributed by atoms with Gasteiger partial charge < -0.3 is 0 Å². The maximum Gasteiger partial charge on any atom is 0.251 e. The Hall–Kier alpha value is -0.640. The second kappa shape index (κ2) is 2.94. The molecule has 1 aliphatic heterocycles. The molecule has 0 saturated heterocycles. The van der Waals surface area contributed by atoms with E-state index in [1.807, 2.05) is 0 Å². The molecule has 0 atom stereocenters. The van der Waals surface area contributed by atoms with E-state index in [1.165, 1.54) is 12.5 Å². The highest BCUT2D eigenvalue weighted by molar-refractivity contribution is 14.2. The lowest BCUT2D eigenvalue weighted by atomic mass is 10.6. The Labute approximate surface area is 85.2 Å². The Bertz CT molecular complexity index is 471. The molecule has 0 aromatic carbocycles. The highest BCUT2D eigenvalue weighted by atomic mass is 127. The van der Waals surface area contributed by atoms with Gasteiger partial charge in [0.2, 0.25) is 0 Å². The Kier molecular flexibility index (Phi) is 2.02. The van der Waals surface area contributed by atoms with Crippen molar-refractivity contribution >= 4 is 36.7 Å². The topological polar surface area (TPSA) is 75.5 Å². The molecular weight excluding hydrogens is 307 g/mol. The summed E-state index contributed by atoms with van der Waals surface area (Å²) in [6.45, 7) is 0. The third kappa shape index (κ3) is 1.55. The van der Waals surface area contributed by atoms with Crippen LogP contribution in [0.2, 0.25) is 0 Å². The smallest absolute Gasteiger partial charge is 0.242 e. The lowest BCUT2D eigenvalue weighted by Gasteiger charge is -2.10. The van der Waals surface area contributed by atoms with Crippen molar-refractivity contribution in [2.45, 2.75) is 0 Å². The summed E-state index contributed by atoms with van der Waals surface area (Å²) >= 11 is -0.663. The van der Waals surface area contributed by atoms with E-state index in [4.69, 9.17) is 0 Å². The van der Waals surface area contributed by atoms with Gasteiger partial charge in [-0.05, 0) is 0 Å². The van der Waals surface area contributed by atoms with E-state index in [9.17, 15) is 8.42 Å². The summed E-state index contributed by atoms with van der Waals surface area (Å²) in [6.07, 6.45) is 3.99. The van der Waals surface area contributed by atoms with Crippen molar-refractivity contribution in [2.24, 2.45) is 3.25 Å². The molecule has 1 aromatic heterocycles. The molecule has 2 rings (SSSR count).